The minimum absolute atomic E-state index is 0.0199. The van der Waals surface area contributed by atoms with Gasteiger partial charge in [0.1, 0.15) is 5.82 Å². The van der Waals surface area contributed by atoms with Gasteiger partial charge < -0.3 is 15.5 Å². The number of hydrogen-bond acceptors (Lipinski definition) is 5. The fourth-order valence-corrected chi connectivity index (χ4v) is 1.40. The second-order valence-corrected chi connectivity index (χ2v) is 3.99. The van der Waals surface area contributed by atoms with Crippen molar-refractivity contribution < 1.29 is 9.53 Å². The van der Waals surface area contributed by atoms with Crippen molar-refractivity contribution in [2.75, 3.05) is 19.1 Å². The average molecular weight is 252 g/mol. The Morgan fingerprint density at radius 1 is 1.56 bits per heavy atom. The van der Waals surface area contributed by atoms with E-state index in [4.69, 9.17) is 10.6 Å². The van der Waals surface area contributed by atoms with Gasteiger partial charge in [-0.2, -0.15) is 0 Å². The van der Waals surface area contributed by atoms with Crippen LogP contribution in [0.3, 0.4) is 0 Å². The summed E-state index contributed by atoms with van der Waals surface area (Å²) in [6, 6.07) is 3.37. The molecule has 1 heterocycles. The van der Waals surface area contributed by atoms with E-state index in [-0.39, 0.29) is 12.0 Å². The lowest BCUT2D eigenvalue weighted by molar-refractivity contribution is 0.0870. The van der Waals surface area contributed by atoms with Gasteiger partial charge in [-0.3, -0.25) is 4.79 Å². The van der Waals surface area contributed by atoms with Crippen LogP contribution >= 0.6 is 0 Å². The number of hydrazine groups is 1. The summed E-state index contributed by atoms with van der Waals surface area (Å²) in [5.41, 5.74) is 3.81. The van der Waals surface area contributed by atoms with Gasteiger partial charge in [-0.1, -0.05) is 6.92 Å². The summed E-state index contributed by atoms with van der Waals surface area (Å²) in [5.74, 6) is 5.65. The molecule has 4 N–H and O–H groups in total. The first-order valence-corrected chi connectivity index (χ1v) is 5.89. The molecular weight excluding hydrogens is 232 g/mol. The molecule has 1 unspecified atom stereocenters. The van der Waals surface area contributed by atoms with Crippen molar-refractivity contribution >= 4 is 11.7 Å². The summed E-state index contributed by atoms with van der Waals surface area (Å²) >= 11 is 0. The second-order valence-electron chi connectivity index (χ2n) is 3.99. The van der Waals surface area contributed by atoms with Crippen LogP contribution in [0, 0.1) is 0 Å². The van der Waals surface area contributed by atoms with Crippen LogP contribution in [0.15, 0.2) is 12.1 Å². The van der Waals surface area contributed by atoms with Crippen LogP contribution in [0.1, 0.15) is 29.9 Å². The Morgan fingerprint density at radius 3 is 2.83 bits per heavy atom. The molecule has 100 valence electrons. The van der Waals surface area contributed by atoms with Crippen LogP contribution in [0.25, 0.3) is 0 Å². The number of nitrogens with zero attached hydrogens (tertiary/aromatic N) is 1. The summed E-state index contributed by atoms with van der Waals surface area (Å²) in [6.07, 6.45) is 0.720. The number of carbonyl (C=O) groups excluding carboxylic acids is 1. The fourth-order valence-electron chi connectivity index (χ4n) is 1.40. The number of anilines is 1. The standard InChI is InChI=1S/C12H20N4O2/c1-4-10-5-9(6-11(15-10)16-13)12(17)14-7-8(2)18-3/h5-6,8H,4,7,13H2,1-3H3,(H,14,17)(H,15,16). The van der Waals surface area contributed by atoms with Gasteiger partial charge in [-0.25, -0.2) is 10.8 Å². The van der Waals surface area contributed by atoms with E-state index in [0.717, 1.165) is 12.1 Å². The first-order valence-electron chi connectivity index (χ1n) is 5.89. The Morgan fingerprint density at radius 2 is 2.28 bits per heavy atom. The number of nitrogens with two attached hydrogens (primary N) is 1. The second kappa shape index (κ2) is 6.93. The molecule has 1 rings (SSSR count). The number of methoxy groups -OCH3 is 1. The van der Waals surface area contributed by atoms with E-state index in [9.17, 15) is 4.79 Å². The highest BCUT2D eigenvalue weighted by Crippen LogP contribution is 2.10. The number of aromatic nitrogens is 1. The third kappa shape index (κ3) is 3.97. The van der Waals surface area contributed by atoms with E-state index >= 15 is 0 Å². The quantitative estimate of drug-likeness (QED) is 0.512. The minimum Gasteiger partial charge on any atom is -0.380 e. The summed E-state index contributed by atoms with van der Waals surface area (Å²) < 4.78 is 5.07. The Balaban J connectivity index is 2.78. The van der Waals surface area contributed by atoms with Crippen LogP contribution < -0.4 is 16.6 Å². The zero-order chi connectivity index (χ0) is 13.5. The highest BCUT2D eigenvalue weighted by molar-refractivity contribution is 5.95. The topological polar surface area (TPSA) is 89.3 Å². The lowest BCUT2D eigenvalue weighted by Crippen LogP contribution is -2.31. The Labute approximate surface area is 107 Å². The van der Waals surface area contributed by atoms with Gasteiger partial charge in [0, 0.05) is 24.9 Å². The van der Waals surface area contributed by atoms with Crippen LogP contribution in [0.4, 0.5) is 5.82 Å². The van der Waals surface area contributed by atoms with Crippen molar-refractivity contribution in [3.8, 4) is 0 Å². The van der Waals surface area contributed by atoms with E-state index < -0.39 is 0 Å². The van der Waals surface area contributed by atoms with Gasteiger partial charge in [0.05, 0.1) is 6.10 Å². The van der Waals surface area contributed by atoms with Crippen LogP contribution in [0.2, 0.25) is 0 Å². The van der Waals surface area contributed by atoms with Gasteiger partial charge in [0.25, 0.3) is 5.91 Å². The molecule has 1 amide bonds. The number of rotatable bonds is 6. The van der Waals surface area contributed by atoms with Crippen molar-refractivity contribution in [3.63, 3.8) is 0 Å². The lowest BCUT2D eigenvalue weighted by atomic mass is 10.2. The summed E-state index contributed by atoms with van der Waals surface area (Å²) in [5, 5.41) is 2.79. The van der Waals surface area contributed by atoms with Crippen molar-refractivity contribution in [1.29, 1.82) is 0 Å². The van der Waals surface area contributed by atoms with Gasteiger partial charge >= 0.3 is 0 Å². The van der Waals surface area contributed by atoms with Gasteiger partial charge in [-0.05, 0) is 25.5 Å². The zero-order valence-electron chi connectivity index (χ0n) is 11.0. The van der Waals surface area contributed by atoms with Crippen molar-refractivity contribution in [3.05, 3.63) is 23.4 Å². The number of carbonyl (C=O) groups is 1. The van der Waals surface area contributed by atoms with Crippen molar-refractivity contribution in [2.45, 2.75) is 26.4 Å². The van der Waals surface area contributed by atoms with Gasteiger partial charge in [-0.15, -0.1) is 0 Å². The maximum atomic E-state index is 11.9. The van der Waals surface area contributed by atoms with E-state index in [1.165, 1.54) is 0 Å². The Hall–Kier alpha value is -1.66. The summed E-state index contributed by atoms with van der Waals surface area (Å²) in [4.78, 5) is 16.2. The maximum Gasteiger partial charge on any atom is 0.251 e. The summed E-state index contributed by atoms with van der Waals surface area (Å²) in [6.45, 7) is 4.32. The maximum absolute atomic E-state index is 11.9. The molecule has 18 heavy (non-hydrogen) atoms. The fraction of sp³-hybridized carbons (Fsp3) is 0.500. The number of amides is 1. The van der Waals surface area contributed by atoms with E-state index in [1.807, 2.05) is 13.8 Å². The summed E-state index contributed by atoms with van der Waals surface area (Å²) in [7, 11) is 1.61. The largest absolute Gasteiger partial charge is 0.380 e. The highest BCUT2D eigenvalue weighted by Gasteiger charge is 2.10. The number of pyridine rings is 1. The predicted octanol–water partition coefficient (Wildman–Crippen LogP) is 0.694. The first-order chi connectivity index (χ1) is 8.60. The number of nitrogen functional groups attached to an aromatic ring is 1. The van der Waals surface area contributed by atoms with Crippen molar-refractivity contribution in [1.82, 2.24) is 10.3 Å². The number of aryl methyl sites for hydroxylation is 1. The molecule has 0 fully saturated rings. The number of hydrogen-bond donors (Lipinski definition) is 3. The molecule has 6 nitrogen and oxygen atoms in total. The van der Waals surface area contributed by atoms with Crippen LogP contribution in [-0.2, 0) is 11.2 Å². The van der Waals surface area contributed by atoms with Crippen LogP contribution in [-0.4, -0.2) is 30.6 Å². The zero-order valence-corrected chi connectivity index (χ0v) is 11.0. The molecule has 1 atom stereocenters. The molecule has 0 aliphatic rings. The molecule has 0 bridgehead atoms. The number of ether oxygens (including phenoxy) is 1. The van der Waals surface area contributed by atoms with E-state index in [1.54, 1.807) is 19.2 Å². The Kier molecular flexibility index (Phi) is 5.54. The molecule has 0 aromatic carbocycles. The third-order valence-electron chi connectivity index (χ3n) is 2.60. The van der Waals surface area contributed by atoms with E-state index in [2.05, 4.69) is 15.7 Å². The Bertz CT molecular complexity index is 387. The first kappa shape index (κ1) is 14.4. The molecular formula is C12H20N4O2. The molecule has 0 spiro atoms. The SMILES string of the molecule is CCc1cc(C(=O)NCC(C)OC)cc(NN)n1. The molecule has 0 aliphatic heterocycles. The van der Waals surface area contributed by atoms with Crippen LogP contribution in [0.5, 0.6) is 0 Å². The third-order valence-corrected chi connectivity index (χ3v) is 2.60. The average Bonchev–Trinajstić information content (AvgIpc) is 2.43. The molecule has 6 heteroatoms. The molecule has 0 aliphatic carbocycles. The van der Waals surface area contributed by atoms with Gasteiger partial charge in [0.2, 0.25) is 0 Å². The molecule has 1 aromatic heterocycles. The lowest BCUT2D eigenvalue weighted by Gasteiger charge is -2.12. The number of nitrogens with one attached hydrogen (secondary N) is 2. The molecule has 0 saturated heterocycles. The molecule has 0 radical (unpaired) electrons. The normalized spacial score (nSPS) is 12.0. The molecule has 1 aromatic rings. The van der Waals surface area contributed by atoms with Crippen molar-refractivity contribution in [2.24, 2.45) is 5.84 Å². The predicted molar refractivity (Wildman–Crippen MR) is 70.2 cm³/mol. The van der Waals surface area contributed by atoms with Gasteiger partial charge in [0.15, 0.2) is 0 Å². The highest BCUT2D eigenvalue weighted by atomic mass is 16.5. The molecule has 0 saturated carbocycles. The van der Waals surface area contributed by atoms with E-state index in [0.29, 0.717) is 17.9 Å². The monoisotopic (exact) mass is 252 g/mol. The minimum atomic E-state index is -0.160. The smallest absolute Gasteiger partial charge is 0.251 e.